The van der Waals surface area contributed by atoms with Gasteiger partial charge in [0.15, 0.2) is 0 Å². The molecule has 0 saturated heterocycles. The summed E-state index contributed by atoms with van der Waals surface area (Å²) in [6.07, 6.45) is -0.998. The molecule has 1 aromatic heterocycles. The van der Waals surface area contributed by atoms with E-state index < -0.39 is 17.1 Å². The lowest BCUT2D eigenvalue weighted by atomic mass is 9.88. The van der Waals surface area contributed by atoms with Crippen molar-refractivity contribution in [2.24, 2.45) is 0 Å². The van der Waals surface area contributed by atoms with Crippen molar-refractivity contribution in [3.05, 3.63) is 27.9 Å². The first kappa shape index (κ1) is 13.7. The highest BCUT2D eigenvalue weighted by molar-refractivity contribution is 5.40. The predicted octanol–water partition coefficient (Wildman–Crippen LogP) is 1.22. The highest BCUT2D eigenvalue weighted by atomic mass is 16.6. The van der Waals surface area contributed by atoms with Crippen LogP contribution in [0, 0.1) is 17.0 Å². The van der Waals surface area contributed by atoms with Crippen molar-refractivity contribution < 1.29 is 19.5 Å². The van der Waals surface area contributed by atoms with Gasteiger partial charge in [-0.05, 0) is 29.0 Å². The first-order chi connectivity index (χ1) is 9.02. The second kappa shape index (κ2) is 5.50. The fourth-order valence-corrected chi connectivity index (χ4v) is 2.00. The first-order valence-corrected chi connectivity index (χ1v) is 6.11. The quantitative estimate of drug-likeness (QED) is 0.637. The van der Waals surface area contributed by atoms with E-state index in [1.165, 1.54) is 6.07 Å². The van der Waals surface area contributed by atoms with Crippen LogP contribution in [0.5, 0.6) is 5.75 Å². The molecular weight excluding hydrogens is 252 g/mol. The molecule has 0 spiro atoms. The van der Waals surface area contributed by atoms with Crippen molar-refractivity contribution in [1.82, 2.24) is 4.98 Å². The van der Waals surface area contributed by atoms with Crippen LogP contribution in [0.15, 0.2) is 12.1 Å². The third-order valence-electron chi connectivity index (χ3n) is 3.01. The molecule has 1 aromatic rings. The molecule has 0 bridgehead atoms. The van der Waals surface area contributed by atoms with Crippen LogP contribution >= 0.6 is 0 Å². The van der Waals surface area contributed by atoms with Gasteiger partial charge in [0.05, 0.1) is 6.10 Å². The standard InChI is InChI=1S/C12H16N2O5/c1-3-18-11-8(15)6-10(11)19-9-5-4-7(2)13-12(9)14(16)17/h4-5,8,10-11,15H,3,6H2,1-2H3. The van der Waals surface area contributed by atoms with E-state index >= 15 is 0 Å². The Hall–Kier alpha value is -1.73. The average molecular weight is 268 g/mol. The van der Waals surface area contributed by atoms with E-state index in [2.05, 4.69) is 4.98 Å². The molecule has 7 nitrogen and oxygen atoms in total. The zero-order chi connectivity index (χ0) is 14.0. The van der Waals surface area contributed by atoms with Crippen LogP contribution < -0.4 is 4.74 Å². The van der Waals surface area contributed by atoms with Crippen molar-refractivity contribution in [1.29, 1.82) is 0 Å². The van der Waals surface area contributed by atoms with Gasteiger partial charge in [-0.3, -0.25) is 0 Å². The fraction of sp³-hybridized carbons (Fsp3) is 0.583. The van der Waals surface area contributed by atoms with E-state index in [1.54, 1.807) is 13.0 Å². The Balaban J connectivity index is 2.13. The predicted molar refractivity (Wildman–Crippen MR) is 66.1 cm³/mol. The number of nitro groups is 1. The molecule has 1 heterocycles. The summed E-state index contributed by atoms with van der Waals surface area (Å²) in [5, 5.41) is 20.5. The summed E-state index contributed by atoms with van der Waals surface area (Å²) < 4.78 is 10.9. The number of ether oxygens (including phenoxy) is 2. The number of rotatable bonds is 5. The Labute approximate surface area is 110 Å². The number of nitrogens with zero attached hydrogens (tertiary/aromatic N) is 2. The average Bonchev–Trinajstić information content (AvgIpc) is 2.37. The maximum absolute atomic E-state index is 10.9. The molecule has 19 heavy (non-hydrogen) atoms. The van der Waals surface area contributed by atoms with Crippen molar-refractivity contribution in [3.63, 3.8) is 0 Å². The van der Waals surface area contributed by atoms with E-state index in [4.69, 9.17) is 9.47 Å². The zero-order valence-electron chi connectivity index (χ0n) is 10.8. The Morgan fingerprint density at radius 2 is 2.32 bits per heavy atom. The highest BCUT2D eigenvalue weighted by Gasteiger charge is 2.43. The molecule has 2 rings (SSSR count). The summed E-state index contributed by atoms with van der Waals surface area (Å²) in [6, 6.07) is 3.17. The third kappa shape index (κ3) is 2.82. The highest BCUT2D eigenvalue weighted by Crippen LogP contribution is 2.32. The van der Waals surface area contributed by atoms with Gasteiger partial charge in [0.2, 0.25) is 5.75 Å². The Morgan fingerprint density at radius 1 is 1.58 bits per heavy atom. The van der Waals surface area contributed by atoms with E-state index in [0.717, 1.165) is 0 Å². The SMILES string of the molecule is CCOC1C(O)CC1Oc1ccc(C)nc1[N+](=O)[O-]. The molecule has 1 N–H and O–H groups in total. The molecule has 0 amide bonds. The van der Waals surface area contributed by atoms with Crippen LogP contribution in [0.2, 0.25) is 0 Å². The van der Waals surface area contributed by atoms with Gasteiger partial charge in [-0.2, -0.15) is 0 Å². The van der Waals surface area contributed by atoms with E-state index in [1.807, 2.05) is 6.92 Å². The second-order valence-corrected chi connectivity index (χ2v) is 4.41. The molecule has 3 unspecified atom stereocenters. The maximum atomic E-state index is 10.9. The number of pyridine rings is 1. The third-order valence-corrected chi connectivity index (χ3v) is 3.01. The molecular formula is C12H16N2O5. The van der Waals surface area contributed by atoms with Crippen molar-refractivity contribution in [3.8, 4) is 5.75 Å². The largest absolute Gasteiger partial charge is 0.479 e. The van der Waals surface area contributed by atoms with Crippen molar-refractivity contribution in [2.45, 2.75) is 38.6 Å². The summed E-state index contributed by atoms with van der Waals surface area (Å²) >= 11 is 0. The minimum Gasteiger partial charge on any atom is -0.479 e. The molecule has 3 atom stereocenters. The molecule has 0 aromatic carbocycles. The van der Waals surface area contributed by atoms with Gasteiger partial charge in [-0.25, -0.2) is 0 Å². The second-order valence-electron chi connectivity index (χ2n) is 4.41. The van der Waals surface area contributed by atoms with Crippen LogP contribution in [-0.4, -0.2) is 39.9 Å². The Morgan fingerprint density at radius 3 is 2.89 bits per heavy atom. The molecule has 0 radical (unpaired) electrons. The monoisotopic (exact) mass is 268 g/mol. The first-order valence-electron chi connectivity index (χ1n) is 6.11. The minimum absolute atomic E-state index is 0.109. The van der Waals surface area contributed by atoms with Crippen LogP contribution in [0.3, 0.4) is 0 Å². The Kier molecular flexibility index (Phi) is 3.96. The van der Waals surface area contributed by atoms with Gasteiger partial charge in [-0.15, -0.1) is 0 Å². The molecule has 1 fully saturated rings. The fourth-order valence-electron chi connectivity index (χ4n) is 2.00. The number of aliphatic hydroxyl groups is 1. The van der Waals surface area contributed by atoms with Crippen LogP contribution in [0.1, 0.15) is 19.0 Å². The van der Waals surface area contributed by atoms with Crippen molar-refractivity contribution in [2.75, 3.05) is 6.61 Å². The molecule has 0 aliphatic heterocycles. The number of hydrogen-bond acceptors (Lipinski definition) is 6. The van der Waals surface area contributed by atoms with Gasteiger partial charge in [-0.1, -0.05) is 0 Å². The molecule has 1 aliphatic rings. The van der Waals surface area contributed by atoms with Gasteiger partial charge in [0.1, 0.15) is 17.9 Å². The lowest BCUT2D eigenvalue weighted by Crippen LogP contribution is -2.55. The van der Waals surface area contributed by atoms with Gasteiger partial charge in [0.25, 0.3) is 0 Å². The van der Waals surface area contributed by atoms with Gasteiger partial charge >= 0.3 is 5.82 Å². The maximum Gasteiger partial charge on any atom is 0.406 e. The van der Waals surface area contributed by atoms with Crippen LogP contribution in [0.4, 0.5) is 5.82 Å². The summed E-state index contributed by atoms with van der Waals surface area (Å²) in [6.45, 7) is 3.95. The smallest absolute Gasteiger partial charge is 0.406 e. The lowest BCUT2D eigenvalue weighted by molar-refractivity contribution is -0.391. The number of aromatic nitrogens is 1. The van der Waals surface area contributed by atoms with Crippen molar-refractivity contribution >= 4 is 5.82 Å². The summed E-state index contributed by atoms with van der Waals surface area (Å²) in [4.78, 5) is 14.2. The number of hydrogen-bond donors (Lipinski definition) is 1. The van der Waals surface area contributed by atoms with E-state index in [-0.39, 0.29) is 17.7 Å². The minimum atomic E-state index is -0.581. The summed E-state index contributed by atoms with van der Waals surface area (Å²) in [5.74, 6) is -0.200. The number of aryl methyl sites for hydroxylation is 1. The topological polar surface area (TPSA) is 94.7 Å². The Bertz CT molecular complexity index is 479. The normalized spacial score (nSPS) is 25.7. The van der Waals surface area contributed by atoms with Crippen LogP contribution in [0.25, 0.3) is 0 Å². The molecule has 1 saturated carbocycles. The van der Waals surface area contributed by atoms with Gasteiger partial charge in [0, 0.05) is 20.0 Å². The van der Waals surface area contributed by atoms with E-state index in [9.17, 15) is 15.2 Å². The lowest BCUT2D eigenvalue weighted by Gasteiger charge is -2.40. The molecule has 104 valence electrons. The summed E-state index contributed by atoms with van der Waals surface area (Å²) in [7, 11) is 0. The van der Waals surface area contributed by atoms with Gasteiger partial charge < -0.3 is 24.7 Å². The zero-order valence-corrected chi connectivity index (χ0v) is 10.8. The molecule has 1 aliphatic carbocycles. The van der Waals surface area contributed by atoms with E-state index in [0.29, 0.717) is 18.7 Å². The molecule has 7 heteroatoms. The van der Waals surface area contributed by atoms with Crippen LogP contribution in [-0.2, 0) is 4.74 Å². The number of aliphatic hydroxyl groups excluding tert-OH is 1. The summed E-state index contributed by atoms with van der Waals surface area (Å²) in [5.41, 5.74) is 0.550.